The number of furan rings is 1. The van der Waals surface area contributed by atoms with E-state index in [9.17, 15) is 9.18 Å². The standard InChI is InChI=1S/C20H18FN3O2S/c21-17-8-2-1-7-16(17)20-23-22-19(27-20)14-5-3-11-24(13-14)18(25)10-9-15-6-4-12-26-15/h1-2,4,6-10,12,14H,3,5,11,13H2. The molecule has 1 aromatic carbocycles. The molecule has 3 aromatic rings. The molecule has 2 aromatic heterocycles. The Balaban J connectivity index is 1.46. The van der Waals surface area contributed by atoms with Crippen LogP contribution in [0.1, 0.15) is 29.5 Å². The summed E-state index contributed by atoms with van der Waals surface area (Å²) in [5.74, 6) is 0.423. The van der Waals surface area contributed by atoms with Gasteiger partial charge in [0.25, 0.3) is 0 Å². The predicted octanol–water partition coefficient (Wildman–Crippen LogP) is 4.36. The van der Waals surface area contributed by atoms with Crippen molar-refractivity contribution >= 4 is 23.3 Å². The number of halogens is 1. The number of rotatable bonds is 4. The largest absolute Gasteiger partial charge is 0.465 e. The first kappa shape index (κ1) is 17.6. The number of aromatic nitrogens is 2. The highest BCUT2D eigenvalue weighted by Crippen LogP contribution is 2.33. The van der Waals surface area contributed by atoms with Crippen molar-refractivity contribution in [3.8, 4) is 10.6 Å². The minimum absolute atomic E-state index is 0.0463. The molecule has 1 saturated heterocycles. The number of hydrogen-bond donors (Lipinski definition) is 0. The zero-order valence-electron chi connectivity index (χ0n) is 14.5. The molecule has 0 saturated carbocycles. The van der Waals surface area contributed by atoms with E-state index in [0.29, 0.717) is 22.9 Å². The first-order valence-electron chi connectivity index (χ1n) is 8.79. The van der Waals surface area contributed by atoms with E-state index >= 15 is 0 Å². The average Bonchev–Trinajstić information content (AvgIpc) is 3.39. The van der Waals surface area contributed by atoms with Crippen molar-refractivity contribution in [3.63, 3.8) is 0 Å². The second kappa shape index (κ2) is 7.84. The third-order valence-corrected chi connectivity index (χ3v) is 5.68. The van der Waals surface area contributed by atoms with Gasteiger partial charge in [-0.1, -0.05) is 23.5 Å². The molecule has 0 spiro atoms. The van der Waals surface area contributed by atoms with E-state index in [2.05, 4.69) is 10.2 Å². The van der Waals surface area contributed by atoms with Crippen LogP contribution in [0.3, 0.4) is 0 Å². The van der Waals surface area contributed by atoms with Crippen molar-refractivity contribution in [2.24, 2.45) is 0 Å². The fourth-order valence-corrected chi connectivity index (χ4v) is 4.16. The summed E-state index contributed by atoms with van der Waals surface area (Å²) < 4.78 is 19.2. The maximum atomic E-state index is 14.0. The predicted molar refractivity (Wildman–Crippen MR) is 102 cm³/mol. The Morgan fingerprint density at radius 2 is 2.15 bits per heavy atom. The van der Waals surface area contributed by atoms with E-state index in [1.165, 1.54) is 23.5 Å². The lowest BCUT2D eigenvalue weighted by molar-refractivity contribution is -0.127. The molecule has 27 heavy (non-hydrogen) atoms. The summed E-state index contributed by atoms with van der Waals surface area (Å²) >= 11 is 1.40. The molecule has 0 bridgehead atoms. The van der Waals surface area contributed by atoms with Crippen LogP contribution in [0.2, 0.25) is 0 Å². The molecule has 0 radical (unpaired) electrons. The smallest absolute Gasteiger partial charge is 0.246 e. The first-order chi connectivity index (χ1) is 13.2. The molecule has 0 aliphatic carbocycles. The first-order valence-corrected chi connectivity index (χ1v) is 9.61. The zero-order chi connectivity index (χ0) is 18.6. The molecule has 4 rings (SSSR count). The van der Waals surface area contributed by atoms with Crippen molar-refractivity contribution < 1.29 is 13.6 Å². The number of likely N-dealkylation sites (tertiary alicyclic amines) is 1. The maximum absolute atomic E-state index is 14.0. The highest BCUT2D eigenvalue weighted by Gasteiger charge is 2.26. The number of carbonyl (C=O) groups excluding carboxylic acids is 1. The van der Waals surface area contributed by atoms with Crippen LogP contribution in [0, 0.1) is 5.82 Å². The summed E-state index contributed by atoms with van der Waals surface area (Å²) in [6.45, 7) is 1.31. The Bertz CT molecular complexity index is 952. The maximum Gasteiger partial charge on any atom is 0.246 e. The minimum Gasteiger partial charge on any atom is -0.465 e. The van der Waals surface area contributed by atoms with Gasteiger partial charge in [0.05, 0.1) is 6.26 Å². The van der Waals surface area contributed by atoms with Crippen LogP contribution in [0.5, 0.6) is 0 Å². The topological polar surface area (TPSA) is 59.2 Å². The van der Waals surface area contributed by atoms with E-state index in [4.69, 9.17) is 4.42 Å². The van der Waals surface area contributed by atoms with Gasteiger partial charge in [-0.05, 0) is 43.2 Å². The summed E-state index contributed by atoms with van der Waals surface area (Å²) in [4.78, 5) is 14.3. The second-order valence-electron chi connectivity index (χ2n) is 6.40. The van der Waals surface area contributed by atoms with Crippen LogP contribution in [-0.4, -0.2) is 34.1 Å². The fraction of sp³-hybridized carbons (Fsp3) is 0.250. The number of piperidine rings is 1. The normalized spacial score (nSPS) is 17.5. The molecule has 0 N–H and O–H groups in total. The van der Waals surface area contributed by atoms with Gasteiger partial charge >= 0.3 is 0 Å². The van der Waals surface area contributed by atoms with Gasteiger partial charge in [-0.3, -0.25) is 4.79 Å². The molecule has 3 heterocycles. The lowest BCUT2D eigenvalue weighted by Crippen LogP contribution is -2.38. The van der Waals surface area contributed by atoms with E-state index in [1.54, 1.807) is 42.7 Å². The van der Waals surface area contributed by atoms with Crippen LogP contribution in [0.25, 0.3) is 16.6 Å². The van der Waals surface area contributed by atoms with Crippen molar-refractivity contribution in [2.75, 3.05) is 13.1 Å². The number of carbonyl (C=O) groups is 1. The van der Waals surface area contributed by atoms with Crippen molar-refractivity contribution in [3.05, 3.63) is 65.3 Å². The van der Waals surface area contributed by atoms with Gasteiger partial charge < -0.3 is 9.32 Å². The molecule has 7 heteroatoms. The van der Waals surface area contributed by atoms with Crippen molar-refractivity contribution in [2.45, 2.75) is 18.8 Å². The lowest BCUT2D eigenvalue weighted by Gasteiger charge is -2.30. The molecule has 1 aliphatic rings. The van der Waals surface area contributed by atoms with E-state index in [0.717, 1.165) is 24.4 Å². The Morgan fingerprint density at radius 1 is 1.26 bits per heavy atom. The fourth-order valence-electron chi connectivity index (χ4n) is 3.17. The van der Waals surface area contributed by atoms with E-state index < -0.39 is 0 Å². The molecule has 5 nitrogen and oxygen atoms in total. The Kier molecular flexibility index (Phi) is 5.11. The van der Waals surface area contributed by atoms with Gasteiger partial charge in [-0.15, -0.1) is 10.2 Å². The summed E-state index contributed by atoms with van der Waals surface area (Å²) in [7, 11) is 0. The molecule has 1 aliphatic heterocycles. The number of nitrogens with zero attached hydrogens (tertiary/aromatic N) is 3. The highest BCUT2D eigenvalue weighted by atomic mass is 32.1. The molecule has 1 unspecified atom stereocenters. The van der Waals surface area contributed by atoms with Crippen molar-refractivity contribution in [1.29, 1.82) is 0 Å². The van der Waals surface area contributed by atoms with E-state index in [1.807, 2.05) is 4.90 Å². The number of amides is 1. The van der Waals surface area contributed by atoms with Crippen LogP contribution in [0.4, 0.5) is 4.39 Å². The van der Waals surface area contributed by atoms with Gasteiger partial charge in [-0.25, -0.2) is 4.39 Å². The molecular weight excluding hydrogens is 365 g/mol. The Hall–Kier alpha value is -2.80. The molecule has 1 atom stereocenters. The summed E-state index contributed by atoms with van der Waals surface area (Å²) in [6.07, 6.45) is 6.63. The number of benzene rings is 1. The molecule has 1 fully saturated rings. The van der Waals surface area contributed by atoms with Crippen molar-refractivity contribution in [1.82, 2.24) is 15.1 Å². The summed E-state index contributed by atoms with van der Waals surface area (Å²) in [5, 5.41) is 9.85. The Morgan fingerprint density at radius 3 is 2.96 bits per heavy atom. The highest BCUT2D eigenvalue weighted by molar-refractivity contribution is 7.14. The number of hydrogen-bond acceptors (Lipinski definition) is 5. The average molecular weight is 383 g/mol. The van der Waals surface area contributed by atoms with Crippen LogP contribution in [-0.2, 0) is 4.79 Å². The van der Waals surface area contributed by atoms with Gasteiger partial charge in [-0.2, -0.15) is 0 Å². The third kappa shape index (κ3) is 3.98. The zero-order valence-corrected chi connectivity index (χ0v) is 15.4. The van der Waals surface area contributed by atoms with Gasteiger partial charge in [0, 0.05) is 30.6 Å². The molecule has 138 valence electrons. The minimum atomic E-state index is -0.302. The van der Waals surface area contributed by atoms with Gasteiger partial charge in [0.2, 0.25) is 5.91 Å². The second-order valence-corrected chi connectivity index (χ2v) is 7.41. The third-order valence-electron chi connectivity index (χ3n) is 4.56. The quantitative estimate of drug-likeness (QED) is 0.628. The Labute approximate surface area is 160 Å². The SMILES string of the molecule is O=C(C=Cc1ccco1)N1CCCC(c2nnc(-c3ccccc3F)s2)C1. The van der Waals surface area contributed by atoms with E-state index in [-0.39, 0.29) is 17.6 Å². The van der Waals surface area contributed by atoms with Gasteiger partial charge in [0.15, 0.2) is 5.01 Å². The summed E-state index contributed by atoms with van der Waals surface area (Å²) in [6, 6.07) is 10.1. The molecule has 1 amide bonds. The van der Waals surface area contributed by atoms with Gasteiger partial charge in [0.1, 0.15) is 16.6 Å². The van der Waals surface area contributed by atoms with Crippen LogP contribution < -0.4 is 0 Å². The van der Waals surface area contributed by atoms with Crippen LogP contribution in [0.15, 0.2) is 53.2 Å². The summed E-state index contributed by atoms with van der Waals surface area (Å²) in [5.41, 5.74) is 0.464. The molecular formula is C20H18FN3O2S. The monoisotopic (exact) mass is 383 g/mol. The van der Waals surface area contributed by atoms with Crippen LogP contribution >= 0.6 is 11.3 Å². The lowest BCUT2D eigenvalue weighted by atomic mass is 9.99.